The second kappa shape index (κ2) is 6.22. The molecule has 0 aliphatic heterocycles. The maximum absolute atomic E-state index is 11.0. The van der Waals surface area contributed by atoms with Crippen LogP contribution >= 0.6 is 0 Å². The third kappa shape index (κ3) is 5.90. The zero-order valence-corrected chi connectivity index (χ0v) is 8.08. The molecule has 0 saturated carbocycles. The van der Waals surface area contributed by atoms with Crippen LogP contribution in [0.1, 0.15) is 12.8 Å². The first-order valence-corrected chi connectivity index (χ1v) is 4.04. The fraction of sp³-hybridized carbons (Fsp3) is 0.556. The SMILES string of the molecule is C=CCOC(=O)CCC(=O)N(C)C. The molecule has 0 rings (SSSR count). The maximum atomic E-state index is 11.0. The van der Waals surface area contributed by atoms with Gasteiger partial charge in [0.1, 0.15) is 6.61 Å². The number of rotatable bonds is 5. The van der Waals surface area contributed by atoms with Crippen molar-refractivity contribution in [1.82, 2.24) is 4.90 Å². The lowest BCUT2D eigenvalue weighted by Crippen LogP contribution is -2.22. The minimum Gasteiger partial charge on any atom is -0.461 e. The Kier molecular flexibility index (Phi) is 5.59. The van der Waals surface area contributed by atoms with Gasteiger partial charge in [-0.2, -0.15) is 0 Å². The van der Waals surface area contributed by atoms with Gasteiger partial charge in [-0.1, -0.05) is 12.7 Å². The Balaban J connectivity index is 3.57. The molecule has 4 nitrogen and oxygen atoms in total. The molecule has 0 unspecified atom stereocenters. The molecular formula is C9H15NO3. The van der Waals surface area contributed by atoms with E-state index in [4.69, 9.17) is 4.74 Å². The van der Waals surface area contributed by atoms with Gasteiger partial charge in [0.05, 0.1) is 6.42 Å². The average Bonchev–Trinajstić information content (AvgIpc) is 2.10. The molecule has 0 fully saturated rings. The molecule has 74 valence electrons. The second-order valence-electron chi connectivity index (χ2n) is 2.76. The summed E-state index contributed by atoms with van der Waals surface area (Å²) in [6.45, 7) is 3.61. The van der Waals surface area contributed by atoms with Crippen molar-refractivity contribution in [3.05, 3.63) is 12.7 Å². The summed E-state index contributed by atoms with van der Waals surface area (Å²) in [7, 11) is 3.30. The molecule has 0 atom stereocenters. The predicted octanol–water partition coefficient (Wildman–Crippen LogP) is 0.584. The van der Waals surface area contributed by atoms with Crippen molar-refractivity contribution in [3.63, 3.8) is 0 Å². The largest absolute Gasteiger partial charge is 0.461 e. The molecule has 0 N–H and O–H groups in total. The number of hydrogen-bond acceptors (Lipinski definition) is 3. The summed E-state index contributed by atoms with van der Waals surface area (Å²) in [5, 5.41) is 0. The minimum atomic E-state index is -0.366. The summed E-state index contributed by atoms with van der Waals surface area (Å²) >= 11 is 0. The van der Waals surface area contributed by atoms with Crippen LogP contribution in [0.25, 0.3) is 0 Å². The first-order chi connectivity index (χ1) is 6.07. The molecule has 4 heteroatoms. The van der Waals surface area contributed by atoms with Gasteiger partial charge in [0.2, 0.25) is 5.91 Å². The maximum Gasteiger partial charge on any atom is 0.306 e. The Morgan fingerprint density at radius 2 is 2.00 bits per heavy atom. The molecule has 0 radical (unpaired) electrons. The topological polar surface area (TPSA) is 46.6 Å². The van der Waals surface area contributed by atoms with E-state index < -0.39 is 0 Å². The summed E-state index contributed by atoms with van der Waals surface area (Å²) in [4.78, 5) is 23.4. The van der Waals surface area contributed by atoms with Crippen LogP contribution in [0.3, 0.4) is 0 Å². The molecule has 0 spiro atoms. The van der Waals surface area contributed by atoms with Crippen LogP contribution in [0.2, 0.25) is 0 Å². The number of carbonyl (C=O) groups excluding carboxylic acids is 2. The highest BCUT2D eigenvalue weighted by Gasteiger charge is 2.08. The summed E-state index contributed by atoms with van der Waals surface area (Å²) in [5.41, 5.74) is 0. The van der Waals surface area contributed by atoms with Crippen LogP contribution in [0, 0.1) is 0 Å². The molecule has 0 aromatic heterocycles. The van der Waals surface area contributed by atoms with Gasteiger partial charge in [0, 0.05) is 20.5 Å². The zero-order chi connectivity index (χ0) is 10.3. The van der Waals surface area contributed by atoms with Gasteiger partial charge < -0.3 is 9.64 Å². The lowest BCUT2D eigenvalue weighted by Gasteiger charge is -2.08. The number of esters is 1. The van der Waals surface area contributed by atoms with E-state index in [1.807, 2.05) is 0 Å². The molecule has 0 saturated heterocycles. The van der Waals surface area contributed by atoms with Gasteiger partial charge >= 0.3 is 5.97 Å². The van der Waals surface area contributed by atoms with Gasteiger partial charge in [0.15, 0.2) is 0 Å². The van der Waals surface area contributed by atoms with Crippen LogP contribution in [-0.4, -0.2) is 37.5 Å². The van der Waals surface area contributed by atoms with E-state index in [1.54, 1.807) is 14.1 Å². The summed E-state index contributed by atoms with van der Waals surface area (Å²) in [6, 6.07) is 0. The molecule has 0 aliphatic carbocycles. The van der Waals surface area contributed by atoms with E-state index in [2.05, 4.69) is 6.58 Å². The van der Waals surface area contributed by atoms with Crippen LogP contribution in [0.4, 0.5) is 0 Å². The smallest absolute Gasteiger partial charge is 0.306 e. The van der Waals surface area contributed by atoms with E-state index in [9.17, 15) is 9.59 Å². The first-order valence-electron chi connectivity index (χ1n) is 4.04. The standard InChI is InChI=1S/C9H15NO3/c1-4-7-13-9(12)6-5-8(11)10(2)3/h4H,1,5-7H2,2-3H3. The van der Waals surface area contributed by atoms with Gasteiger partial charge in [-0.3, -0.25) is 9.59 Å². The number of nitrogens with zero attached hydrogens (tertiary/aromatic N) is 1. The van der Waals surface area contributed by atoms with E-state index in [0.29, 0.717) is 0 Å². The molecule has 0 heterocycles. The van der Waals surface area contributed by atoms with Crippen LogP contribution in [-0.2, 0) is 14.3 Å². The third-order valence-corrected chi connectivity index (χ3v) is 1.40. The lowest BCUT2D eigenvalue weighted by atomic mass is 10.3. The van der Waals surface area contributed by atoms with Crippen molar-refractivity contribution >= 4 is 11.9 Å². The highest BCUT2D eigenvalue weighted by molar-refractivity contribution is 5.80. The van der Waals surface area contributed by atoms with Crippen molar-refractivity contribution in [2.75, 3.05) is 20.7 Å². The Hall–Kier alpha value is -1.32. The average molecular weight is 185 g/mol. The van der Waals surface area contributed by atoms with E-state index in [-0.39, 0.29) is 31.3 Å². The van der Waals surface area contributed by atoms with Crippen molar-refractivity contribution in [3.8, 4) is 0 Å². The second-order valence-corrected chi connectivity index (χ2v) is 2.76. The molecule has 0 aromatic carbocycles. The van der Waals surface area contributed by atoms with Crippen molar-refractivity contribution < 1.29 is 14.3 Å². The molecule has 0 aromatic rings. The Morgan fingerprint density at radius 3 is 2.46 bits per heavy atom. The van der Waals surface area contributed by atoms with Gasteiger partial charge in [-0.25, -0.2) is 0 Å². The van der Waals surface area contributed by atoms with Gasteiger partial charge in [-0.15, -0.1) is 0 Å². The van der Waals surface area contributed by atoms with E-state index >= 15 is 0 Å². The zero-order valence-electron chi connectivity index (χ0n) is 8.08. The Bertz CT molecular complexity index is 199. The number of hydrogen-bond donors (Lipinski definition) is 0. The highest BCUT2D eigenvalue weighted by atomic mass is 16.5. The molecule has 13 heavy (non-hydrogen) atoms. The first kappa shape index (κ1) is 11.7. The summed E-state index contributed by atoms with van der Waals surface area (Å²) in [5.74, 6) is -0.439. The van der Waals surface area contributed by atoms with Crippen LogP contribution < -0.4 is 0 Å². The quantitative estimate of drug-likeness (QED) is 0.465. The van der Waals surface area contributed by atoms with Gasteiger partial charge in [0.25, 0.3) is 0 Å². The molecular weight excluding hydrogens is 170 g/mol. The van der Waals surface area contributed by atoms with Crippen molar-refractivity contribution in [2.45, 2.75) is 12.8 Å². The normalized spacial score (nSPS) is 9.08. The Labute approximate surface area is 78.2 Å². The predicted molar refractivity (Wildman–Crippen MR) is 49.1 cm³/mol. The van der Waals surface area contributed by atoms with Crippen LogP contribution in [0.15, 0.2) is 12.7 Å². The fourth-order valence-electron chi connectivity index (χ4n) is 0.657. The summed E-state index contributed by atoms with van der Waals surface area (Å²) in [6.07, 6.45) is 1.82. The highest BCUT2D eigenvalue weighted by Crippen LogP contribution is 1.96. The molecule has 1 amide bonds. The van der Waals surface area contributed by atoms with Crippen molar-refractivity contribution in [2.24, 2.45) is 0 Å². The lowest BCUT2D eigenvalue weighted by molar-refractivity contribution is -0.144. The van der Waals surface area contributed by atoms with E-state index in [1.165, 1.54) is 11.0 Å². The van der Waals surface area contributed by atoms with E-state index in [0.717, 1.165) is 0 Å². The van der Waals surface area contributed by atoms with Crippen LogP contribution in [0.5, 0.6) is 0 Å². The number of amides is 1. The molecule has 0 bridgehead atoms. The Morgan fingerprint density at radius 1 is 1.38 bits per heavy atom. The van der Waals surface area contributed by atoms with Crippen molar-refractivity contribution in [1.29, 1.82) is 0 Å². The fourth-order valence-corrected chi connectivity index (χ4v) is 0.657. The summed E-state index contributed by atoms with van der Waals surface area (Å²) < 4.78 is 4.69. The number of carbonyl (C=O) groups is 2. The van der Waals surface area contributed by atoms with Gasteiger partial charge in [-0.05, 0) is 0 Å². The molecule has 0 aliphatic rings. The number of ether oxygens (including phenoxy) is 1. The monoisotopic (exact) mass is 185 g/mol. The third-order valence-electron chi connectivity index (χ3n) is 1.40. The minimum absolute atomic E-state index is 0.0736.